The lowest BCUT2D eigenvalue weighted by molar-refractivity contribution is 0.445. The minimum Gasteiger partial charge on any atom is -0.432 e. The van der Waals surface area contributed by atoms with E-state index in [0.717, 1.165) is 11.4 Å². The van der Waals surface area contributed by atoms with Gasteiger partial charge in [0.1, 0.15) is 11.8 Å². The highest BCUT2D eigenvalue weighted by Gasteiger charge is 2.21. The summed E-state index contributed by atoms with van der Waals surface area (Å²) < 4.78 is 6.91. The van der Waals surface area contributed by atoms with Crippen LogP contribution in [0.25, 0.3) is 6.08 Å². The number of nitriles is 1. The molecule has 1 aliphatic heterocycles. The molecule has 1 N–H and O–H groups in total. The number of nitrogens with one attached hydrogen (secondary N) is 1. The van der Waals surface area contributed by atoms with Crippen molar-refractivity contribution in [3.8, 4) is 11.8 Å². The van der Waals surface area contributed by atoms with Gasteiger partial charge in [-0.25, -0.2) is 0 Å². The zero-order valence-corrected chi connectivity index (χ0v) is 11.5. The fourth-order valence-electron chi connectivity index (χ4n) is 2.15. The quantitative estimate of drug-likeness (QED) is 0.805. The standard InChI is InChI=1S/C15H12N4O2/c1-18-12-5-3-4-6-13(12)21-14(18)8-7-10-11(9-16)17-19(2)15(10)20/h3-7,17H,1-2H3. The molecule has 104 valence electrons. The number of aromatic amines is 1. The number of benzene rings is 1. The summed E-state index contributed by atoms with van der Waals surface area (Å²) in [6.45, 7) is 0. The zero-order chi connectivity index (χ0) is 15.0. The Kier molecular flexibility index (Phi) is 2.90. The van der Waals surface area contributed by atoms with Gasteiger partial charge < -0.3 is 9.64 Å². The molecule has 6 heteroatoms. The van der Waals surface area contributed by atoms with E-state index in [2.05, 4.69) is 10.8 Å². The van der Waals surface area contributed by atoms with Crippen LogP contribution in [-0.2, 0) is 7.05 Å². The van der Waals surface area contributed by atoms with Crippen molar-refractivity contribution in [2.75, 3.05) is 11.9 Å². The van der Waals surface area contributed by atoms with Crippen LogP contribution in [0.2, 0.25) is 0 Å². The van der Waals surface area contributed by atoms with Gasteiger partial charge in [0.15, 0.2) is 5.75 Å². The molecule has 3 rings (SSSR count). The Labute approximate surface area is 120 Å². The van der Waals surface area contributed by atoms with E-state index in [4.69, 9.17) is 10.00 Å². The Hall–Kier alpha value is -3.16. The van der Waals surface area contributed by atoms with Crippen LogP contribution in [0.1, 0.15) is 11.3 Å². The van der Waals surface area contributed by atoms with Crippen molar-refractivity contribution in [3.63, 3.8) is 0 Å². The van der Waals surface area contributed by atoms with E-state index in [9.17, 15) is 4.79 Å². The first-order valence-electron chi connectivity index (χ1n) is 6.28. The molecule has 1 aliphatic rings. The molecule has 0 amide bonds. The maximum Gasteiger partial charge on any atom is 0.275 e. The molecular weight excluding hydrogens is 268 g/mol. The van der Waals surface area contributed by atoms with Gasteiger partial charge in [-0.15, -0.1) is 0 Å². The molecule has 0 atom stereocenters. The van der Waals surface area contributed by atoms with Gasteiger partial charge in [-0.3, -0.25) is 14.6 Å². The second-order valence-corrected chi connectivity index (χ2v) is 4.60. The lowest BCUT2D eigenvalue weighted by Gasteiger charge is -2.07. The van der Waals surface area contributed by atoms with Crippen LogP contribution in [0.15, 0.2) is 40.7 Å². The number of aryl methyl sites for hydroxylation is 1. The highest BCUT2D eigenvalue weighted by atomic mass is 16.5. The van der Waals surface area contributed by atoms with Crippen molar-refractivity contribution in [2.45, 2.75) is 0 Å². The van der Waals surface area contributed by atoms with Gasteiger partial charge in [0.2, 0.25) is 5.88 Å². The van der Waals surface area contributed by atoms with Gasteiger partial charge >= 0.3 is 0 Å². The topological polar surface area (TPSA) is 74.0 Å². The Morgan fingerprint density at radius 2 is 2.10 bits per heavy atom. The molecule has 1 aromatic carbocycles. The fraction of sp³-hybridized carbons (Fsp3) is 0.133. The minimum absolute atomic E-state index is 0.203. The van der Waals surface area contributed by atoms with Crippen LogP contribution < -0.4 is 15.2 Å². The Morgan fingerprint density at radius 1 is 1.33 bits per heavy atom. The van der Waals surface area contributed by atoms with Gasteiger partial charge in [-0.05, 0) is 12.1 Å². The first-order valence-corrected chi connectivity index (χ1v) is 6.28. The molecule has 21 heavy (non-hydrogen) atoms. The molecule has 0 fully saturated rings. The summed E-state index contributed by atoms with van der Waals surface area (Å²) in [5.41, 5.74) is 4.05. The third-order valence-corrected chi connectivity index (χ3v) is 3.27. The maximum atomic E-state index is 11.9. The van der Waals surface area contributed by atoms with Gasteiger partial charge in [0.05, 0.1) is 11.3 Å². The van der Waals surface area contributed by atoms with Crippen molar-refractivity contribution < 1.29 is 4.74 Å². The number of hydrogen-bond donors (Lipinski definition) is 1. The summed E-state index contributed by atoms with van der Waals surface area (Å²) in [4.78, 5) is 13.7. The predicted molar refractivity (Wildman–Crippen MR) is 77.7 cm³/mol. The summed E-state index contributed by atoms with van der Waals surface area (Å²) in [6.07, 6.45) is 1.47. The highest BCUT2D eigenvalue weighted by Crippen LogP contribution is 2.36. The van der Waals surface area contributed by atoms with Crippen molar-refractivity contribution in [1.29, 1.82) is 5.26 Å². The Bertz CT molecular complexity index is 876. The van der Waals surface area contributed by atoms with Crippen LogP contribution in [-0.4, -0.2) is 16.8 Å². The largest absolute Gasteiger partial charge is 0.432 e. The molecule has 2 heterocycles. The smallest absolute Gasteiger partial charge is 0.275 e. The number of fused-ring (bicyclic) bond motifs is 1. The fourth-order valence-corrected chi connectivity index (χ4v) is 2.15. The van der Waals surface area contributed by atoms with E-state index >= 15 is 0 Å². The Morgan fingerprint density at radius 3 is 2.81 bits per heavy atom. The lowest BCUT2D eigenvalue weighted by atomic mass is 10.2. The van der Waals surface area contributed by atoms with Gasteiger partial charge in [0.25, 0.3) is 5.56 Å². The van der Waals surface area contributed by atoms with E-state index in [1.165, 1.54) is 10.8 Å². The van der Waals surface area contributed by atoms with Crippen LogP contribution >= 0.6 is 0 Å². The van der Waals surface area contributed by atoms with E-state index in [1.807, 2.05) is 42.3 Å². The first-order chi connectivity index (χ1) is 10.1. The molecule has 0 aliphatic carbocycles. The maximum absolute atomic E-state index is 11.9. The average molecular weight is 280 g/mol. The monoisotopic (exact) mass is 280 g/mol. The number of aromatic nitrogens is 2. The molecule has 0 radical (unpaired) electrons. The van der Waals surface area contributed by atoms with Crippen LogP contribution in [0.3, 0.4) is 0 Å². The number of H-pyrrole nitrogens is 1. The van der Waals surface area contributed by atoms with E-state index in [-0.39, 0.29) is 16.8 Å². The molecule has 0 saturated heterocycles. The molecule has 0 spiro atoms. The average Bonchev–Trinajstić information content (AvgIpc) is 2.96. The van der Waals surface area contributed by atoms with E-state index in [1.54, 1.807) is 7.05 Å². The van der Waals surface area contributed by atoms with Crippen molar-refractivity contribution >= 4 is 11.8 Å². The van der Waals surface area contributed by atoms with Crippen molar-refractivity contribution in [3.05, 3.63) is 57.5 Å². The number of rotatable bonds is 1. The number of hydrogen-bond acceptors (Lipinski definition) is 4. The number of para-hydroxylation sites is 2. The molecular formula is C15H12N4O2. The van der Waals surface area contributed by atoms with E-state index < -0.39 is 0 Å². The van der Waals surface area contributed by atoms with Gasteiger partial charge in [-0.1, -0.05) is 17.9 Å². The summed E-state index contributed by atoms with van der Waals surface area (Å²) in [5.74, 6) is 1.21. The van der Waals surface area contributed by atoms with Crippen LogP contribution in [0.4, 0.5) is 5.69 Å². The summed E-state index contributed by atoms with van der Waals surface area (Å²) in [5, 5.41) is 11.7. The van der Waals surface area contributed by atoms with Crippen molar-refractivity contribution in [1.82, 2.24) is 9.78 Å². The number of nitrogens with zero attached hydrogens (tertiary/aromatic N) is 3. The normalized spacial score (nSPS) is 12.4. The highest BCUT2D eigenvalue weighted by molar-refractivity contribution is 5.66. The molecule has 2 aromatic rings. The molecule has 0 bridgehead atoms. The number of ether oxygens (including phenoxy) is 1. The second kappa shape index (κ2) is 4.75. The first kappa shape index (κ1) is 12.9. The minimum atomic E-state index is -0.280. The molecule has 0 saturated carbocycles. The third kappa shape index (κ3) is 2.02. The van der Waals surface area contributed by atoms with Crippen LogP contribution in [0, 0.1) is 11.3 Å². The number of anilines is 1. The molecule has 0 unspecified atom stereocenters. The zero-order valence-electron chi connectivity index (χ0n) is 11.5. The molecule has 1 aromatic heterocycles. The summed E-state index contributed by atoms with van der Waals surface area (Å²) >= 11 is 0. The molecule has 6 nitrogen and oxygen atoms in total. The van der Waals surface area contributed by atoms with E-state index in [0.29, 0.717) is 5.88 Å². The second-order valence-electron chi connectivity index (χ2n) is 4.60. The Balaban J connectivity index is 2.05. The van der Waals surface area contributed by atoms with Gasteiger partial charge in [0, 0.05) is 20.2 Å². The van der Waals surface area contributed by atoms with Crippen LogP contribution in [0.5, 0.6) is 5.75 Å². The lowest BCUT2D eigenvalue weighted by Crippen LogP contribution is -2.14. The van der Waals surface area contributed by atoms with Gasteiger partial charge in [-0.2, -0.15) is 5.26 Å². The van der Waals surface area contributed by atoms with Crippen molar-refractivity contribution in [2.24, 2.45) is 7.05 Å². The predicted octanol–water partition coefficient (Wildman–Crippen LogP) is 1.57. The third-order valence-electron chi connectivity index (χ3n) is 3.27. The summed E-state index contributed by atoms with van der Waals surface area (Å²) in [6, 6.07) is 9.54. The summed E-state index contributed by atoms with van der Waals surface area (Å²) in [7, 11) is 3.41. The SMILES string of the molecule is CN1C(=C=Cc2c(C#N)[nH]n(C)c2=O)Oc2ccccc21.